The SMILES string of the molecule is O=[N+]([O-])c1cc(Cl)c(NC2Cc3ccccc3C2)c(Cl)c1. The third-order valence-corrected chi connectivity index (χ3v) is 4.23. The lowest BCUT2D eigenvalue weighted by atomic mass is 10.1. The van der Waals surface area contributed by atoms with Gasteiger partial charge in [-0.05, 0) is 24.0 Å². The van der Waals surface area contributed by atoms with E-state index in [1.165, 1.54) is 23.3 Å². The second-order valence-electron chi connectivity index (χ2n) is 5.06. The molecular formula is C15H12Cl2N2O2. The molecule has 0 saturated heterocycles. The van der Waals surface area contributed by atoms with Gasteiger partial charge in [-0.25, -0.2) is 0 Å². The molecule has 0 spiro atoms. The van der Waals surface area contributed by atoms with E-state index < -0.39 is 4.92 Å². The van der Waals surface area contributed by atoms with Crippen molar-refractivity contribution in [3.05, 3.63) is 67.7 Å². The van der Waals surface area contributed by atoms with Gasteiger partial charge < -0.3 is 5.32 Å². The lowest BCUT2D eigenvalue weighted by Gasteiger charge is -2.16. The highest BCUT2D eigenvalue weighted by Crippen LogP contribution is 2.36. The lowest BCUT2D eigenvalue weighted by molar-refractivity contribution is -0.384. The average molecular weight is 323 g/mol. The molecule has 4 nitrogen and oxygen atoms in total. The van der Waals surface area contributed by atoms with Crippen LogP contribution in [0, 0.1) is 10.1 Å². The van der Waals surface area contributed by atoms with Gasteiger partial charge in [0.15, 0.2) is 0 Å². The summed E-state index contributed by atoms with van der Waals surface area (Å²) in [6, 6.07) is 11.1. The van der Waals surface area contributed by atoms with Crippen LogP contribution in [0.4, 0.5) is 11.4 Å². The molecule has 0 bridgehead atoms. The van der Waals surface area contributed by atoms with Crippen LogP contribution >= 0.6 is 23.2 Å². The second-order valence-corrected chi connectivity index (χ2v) is 5.87. The molecule has 2 aromatic carbocycles. The zero-order valence-electron chi connectivity index (χ0n) is 11.0. The largest absolute Gasteiger partial charge is 0.379 e. The highest BCUT2D eigenvalue weighted by molar-refractivity contribution is 6.39. The molecular weight excluding hydrogens is 311 g/mol. The number of hydrogen-bond donors (Lipinski definition) is 1. The van der Waals surface area contributed by atoms with Gasteiger partial charge in [-0.3, -0.25) is 10.1 Å². The van der Waals surface area contributed by atoms with Gasteiger partial charge >= 0.3 is 0 Å². The van der Waals surface area contributed by atoms with Crippen LogP contribution in [0.15, 0.2) is 36.4 Å². The van der Waals surface area contributed by atoms with E-state index in [1.54, 1.807) is 0 Å². The van der Waals surface area contributed by atoms with E-state index in [9.17, 15) is 10.1 Å². The highest BCUT2D eigenvalue weighted by Gasteiger charge is 2.23. The molecule has 1 aliphatic carbocycles. The van der Waals surface area contributed by atoms with Crippen LogP contribution in [0.2, 0.25) is 10.0 Å². The number of nitro benzene ring substituents is 1. The Bertz CT molecular complexity index is 671. The summed E-state index contributed by atoms with van der Waals surface area (Å²) in [5, 5.41) is 14.6. The van der Waals surface area contributed by atoms with Crippen LogP contribution in [-0.4, -0.2) is 11.0 Å². The van der Waals surface area contributed by atoms with Gasteiger partial charge in [-0.1, -0.05) is 47.5 Å². The molecule has 0 aliphatic heterocycles. The van der Waals surface area contributed by atoms with Crippen LogP contribution < -0.4 is 5.32 Å². The van der Waals surface area contributed by atoms with E-state index in [2.05, 4.69) is 17.4 Å². The number of anilines is 1. The Morgan fingerprint density at radius 1 is 1.10 bits per heavy atom. The molecule has 0 fully saturated rings. The number of rotatable bonds is 3. The summed E-state index contributed by atoms with van der Waals surface area (Å²) in [6.45, 7) is 0. The van der Waals surface area contributed by atoms with Crippen molar-refractivity contribution in [1.29, 1.82) is 0 Å². The van der Waals surface area contributed by atoms with Crippen LogP contribution in [0.3, 0.4) is 0 Å². The van der Waals surface area contributed by atoms with Crippen molar-refractivity contribution in [3.63, 3.8) is 0 Å². The monoisotopic (exact) mass is 322 g/mol. The Kier molecular flexibility index (Phi) is 3.74. The molecule has 21 heavy (non-hydrogen) atoms. The zero-order valence-corrected chi connectivity index (χ0v) is 12.5. The van der Waals surface area contributed by atoms with Gasteiger partial charge in [0.2, 0.25) is 0 Å². The minimum Gasteiger partial charge on any atom is -0.379 e. The maximum absolute atomic E-state index is 10.8. The molecule has 0 heterocycles. The van der Waals surface area contributed by atoms with E-state index in [1.807, 2.05) is 12.1 Å². The topological polar surface area (TPSA) is 55.2 Å². The van der Waals surface area contributed by atoms with E-state index >= 15 is 0 Å². The van der Waals surface area contributed by atoms with Crippen molar-refractivity contribution in [1.82, 2.24) is 0 Å². The first kappa shape index (κ1) is 14.2. The number of nitro groups is 1. The smallest absolute Gasteiger partial charge is 0.272 e. The van der Waals surface area contributed by atoms with Crippen molar-refractivity contribution in [3.8, 4) is 0 Å². The van der Waals surface area contributed by atoms with E-state index in [0.717, 1.165) is 12.8 Å². The van der Waals surface area contributed by atoms with Gasteiger partial charge in [0.1, 0.15) is 0 Å². The number of halogens is 2. The highest BCUT2D eigenvalue weighted by atomic mass is 35.5. The first-order valence-corrected chi connectivity index (χ1v) is 7.27. The molecule has 0 saturated carbocycles. The molecule has 0 unspecified atom stereocenters. The number of benzene rings is 2. The molecule has 0 radical (unpaired) electrons. The standard InChI is InChI=1S/C15H12Cl2N2O2/c16-13-7-12(19(20)21)8-14(17)15(13)18-11-5-9-3-1-2-4-10(9)6-11/h1-4,7-8,11,18H,5-6H2. The molecule has 2 aromatic rings. The van der Waals surface area contributed by atoms with Crippen molar-refractivity contribution in [2.75, 3.05) is 5.32 Å². The number of nitrogens with one attached hydrogen (secondary N) is 1. The van der Waals surface area contributed by atoms with Crippen LogP contribution in [0.1, 0.15) is 11.1 Å². The first-order valence-electron chi connectivity index (χ1n) is 6.51. The molecule has 3 rings (SSSR count). The first-order chi connectivity index (χ1) is 10.0. The van der Waals surface area contributed by atoms with Gasteiger partial charge in [0, 0.05) is 18.2 Å². The minimum absolute atomic E-state index is 0.106. The van der Waals surface area contributed by atoms with Crippen molar-refractivity contribution in [2.45, 2.75) is 18.9 Å². The maximum atomic E-state index is 10.8. The Labute approximate surface area is 131 Å². The number of non-ortho nitro benzene ring substituents is 1. The fourth-order valence-electron chi connectivity index (χ4n) is 2.67. The summed E-state index contributed by atoms with van der Waals surface area (Å²) in [6.07, 6.45) is 1.78. The molecule has 108 valence electrons. The molecule has 0 aromatic heterocycles. The minimum atomic E-state index is -0.507. The van der Waals surface area contributed by atoms with Gasteiger partial charge in [-0.2, -0.15) is 0 Å². The van der Waals surface area contributed by atoms with Crippen LogP contribution in [0.5, 0.6) is 0 Å². The van der Waals surface area contributed by atoms with Gasteiger partial charge in [-0.15, -0.1) is 0 Å². The fraction of sp³-hybridized carbons (Fsp3) is 0.200. The molecule has 6 heteroatoms. The van der Waals surface area contributed by atoms with Crippen LogP contribution in [-0.2, 0) is 12.8 Å². The zero-order chi connectivity index (χ0) is 15.0. The van der Waals surface area contributed by atoms with Crippen molar-refractivity contribution in [2.24, 2.45) is 0 Å². The molecule has 0 amide bonds. The quantitative estimate of drug-likeness (QED) is 0.669. The summed E-state index contributed by atoms with van der Waals surface area (Å²) in [7, 11) is 0. The lowest BCUT2D eigenvalue weighted by Crippen LogP contribution is -2.20. The third-order valence-electron chi connectivity index (χ3n) is 3.64. The molecule has 0 atom stereocenters. The molecule has 1 N–H and O–H groups in total. The van der Waals surface area contributed by atoms with E-state index in [4.69, 9.17) is 23.2 Å². The number of fused-ring (bicyclic) bond motifs is 1. The average Bonchev–Trinajstić information content (AvgIpc) is 2.85. The molecule has 1 aliphatic rings. The van der Waals surface area contributed by atoms with Crippen molar-refractivity contribution < 1.29 is 4.92 Å². The Balaban J connectivity index is 1.82. The number of hydrogen-bond acceptors (Lipinski definition) is 3. The summed E-state index contributed by atoms with van der Waals surface area (Å²) in [5.41, 5.74) is 3.07. The summed E-state index contributed by atoms with van der Waals surface area (Å²) in [4.78, 5) is 10.3. The van der Waals surface area contributed by atoms with E-state index in [0.29, 0.717) is 5.69 Å². The second kappa shape index (κ2) is 5.54. The number of nitrogens with zero attached hydrogens (tertiary/aromatic N) is 1. The van der Waals surface area contributed by atoms with E-state index in [-0.39, 0.29) is 21.8 Å². The third kappa shape index (κ3) is 2.82. The summed E-state index contributed by atoms with van der Waals surface area (Å²) >= 11 is 12.2. The van der Waals surface area contributed by atoms with Gasteiger partial charge in [0.25, 0.3) is 5.69 Å². The van der Waals surface area contributed by atoms with Crippen molar-refractivity contribution >= 4 is 34.6 Å². The predicted molar refractivity (Wildman–Crippen MR) is 84.4 cm³/mol. The fourth-order valence-corrected chi connectivity index (χ4v) is 3.25. The Morgan fingerprint density at radius 2 is 1.62 bits per heavy atom. The Morgan fingerprint density at radius 3 is 2.10 bits per heavy atom. The predicted octanol–water partition coefficient (Wildman–Crippen LogP) is 4.48. The summed E-state index contributed by atoms with van der Waals surface area (Å²) in [5.74, 6) is 0. The summed E-state index contributed by atoms with van der Waals surface area (Å²) < 4.78 is 0. The van der Waals surface area contributed by atoms with Gasteiger partial charge in [0.05, 0.1) is 20.7 Å². The van der Waals surface area contributed by atoms with Crippen LogP contribution in [0.25, 0.3) is 0 Å². The Hall–Kier alpha value is -1.78. The maximum Gasteiger partial charge on any atom is 0.272 e. The normalized spacial score (nSPS) is 14.0.